The molecule has 1 aliphatic heterocycles. The summed E-state index contributed by atoms with van der Waals surface area (Å²) in [5, 5.41) is 13.9. The van der Waals surface area contributed by atoms with E-state index >= 15 is 0 Å². The van der Waals surface area contributed by atoms with Crippen LogP contribution in [-0.2, 0) is 0 Å². The van der Waals surface area contributed by atoms with Gasteiger partial charge in [0, 0.05) is 24.4 Å². The number of ether oxygens (including phenoxy) is 3. The Labute approximate surface area is 192 Å². The van der Waals surface area contributed by atoms with Crippen molar-refractivity contribution in [3.8, 4) is 28.8 Å². The number of H-pyrrole nitrogens is 1. The predicted octanol–water partition coefficient (Wildman–Crippen LogP) is 2.18. The fraction of sp³-hybridized carbons (Fsp3) is 0.455. The molecule has 0 amide bonds. The summed E-state index contributed by atoms with van der Waals surface area (Å²) in [6.07, 6.45) is 6.16. The van der Waals surface area contributed by atoms with Gasteiger partial charge < -0.3 is 30.6 Å². The fourth-order valence-corrected chi connectivity index (χ4v) is 3.59. The topological polar surface area (TPSA) is 145 Å². The van der Waals surface area contributed by atoms with E-state index in [1.165, 1.54) is 0 Å². The van der Waals surface area contributed by atoms with Gasteiger partial charge in [-0.3, -0.25) is 10.1 Å². The molecule has 0 spiro atoms. The van der Waals surface area contributed by atoms with Crippen molar-refractivity contribution in [2.24, 2.45) is 5.73 Å². The number of hydrogen-bond donors (Lipinski definition) is 4. The molecule has 0 bridgehead atoms. The van der Waals surface area contributed by atoms with Gasteiger partial charge in [0.1, 0.15) is 17.4 Å². The SMILES string of the molecule is COc1nc(C)cc(OCCCN)c1-c1cc(Nc2cncc(O[C@@H]3CCCNC3)n2)n[nH]1. The number of piperidine rings is 1. The summed E-state index contributed by atoms with van der Waals surface area (Å²) in [5.41, 5.74) is 7.77. The Morgan fingerprint density at radius 2 is 2.12 bits per heavy atom. The number of anilines is 2. The molecule has 0 aromatic carbocycles. The number of nitrogens with zero attached hydrogens (tertiary/aromatic N) is 4. The molecule has 0 saturated carbocycles. The first-order chi connectivity index (χ1) is 16.2. The maximum atomic E-state index is 5.96. The number of rotatable bonds is 10. The minimum absolute atomic E-state index is 0.0967. The van der Waals surface area contributed by atoms with E-state index in [1.807, 2.05) is 19.1 Å². The highest BCUT2D eigenvalue weighted by molar-refractivity contribution is 5.75. The Morgan fingerprint density at radius 3 is 2.91 bits per heavy atom. The molecule has 3 aromatic heterocycles. The molecule has 1 aliphatic rings. The zero-order valence-corrected chi connectivity index (χ0v) is 18.9. The second kappa shape index (κ2) is 10.9. The quantitative estimate of drug-likeness (QED) is 0.336. The molecule has 0 unspecified atom stereocenters. The van der Waals surface area contributed by atoms with E-state index in [0.717, 1.165) is 38.0 Å². The maximum Gasteiger partial charge on any atom is 0.234 e. The lowest BCUT2D eigenvalue weighted by Gasteiger charge is -2.23. The second-order valence-corrected chi connectivity index (χ2v) is 7.76. The zero-order valence-electron chi connectivity index (χ0n) is 18.9. The third-order valence-corrected chi connectivity index (χ3v) is 5.13. The van der Waals surface area contributed by atoms with E-state index in [2.05, 4.69) is 35.8 Å². The minimum atomic E-state index is 0.0967. The Kier molecular flexibility index (Phi) is 7.53. The molecule has 5 N–H and O–H groups in total. The summed E-state index contributed by atoms with van der Waals surface area (Å²) in [6.45, 7) is 4.77. The van der Waals surface area contributed by atoms with Crippen LogP contribution < -0.4 is 30.6 Å². The highest BCUT2D eigenvalue weighted by atomic mass is 16.5. The molecule has 3 aromatic rings. The van der Waals surface area contributed by atoms with Crippen LogP contribution >= 0.6 is 0 Å². The molecule has 176 valence electrons. The van der Waals surface area contributed by atoms with Gasteiger partial charge in [-0.05, 0) is 39.3 Å². The Hall–Kier alpha value is -3.44. The average molecular weight is 455 g/mol. The monoisotopic (exact) mass is 454 g/mol. The van der Waals surface area contributed by atoms with Crippen molar-refractivity contribution in [3.63, 3.8) is 0 Å². The fourth-order valence-electron chi connectivity index (χ4n) is 3.59. The third kappa shape index (κ3) is 5.88. The van der Waals surface area contributed by atoms with Gasteiger partial charge in [0.2, 0.25) is 11.8 Å². The summed E-state index contributed by atoms with van der Waals surface area (Å²) in [4.78, 5) is 13.2. The lowest BCUT2D eigenvalue weighted by molar-refractivity contribution is 0.160. The van der Waals surface area contributed by atoms with E-state index in [1.54, 1.807) is 19.5 Å². The van der Waals surface area contributed by atoms with E-state index in [9.17, 15) is 0 Å². The van der Waals surface area contributed by atoms with Crippen molar-refractivity contribution in [2.75, 3.05) is 38.7 Å². The van der Waals surface area contributed by atoms with Crippen LogP contribution in [0.3, 0.4) is 0 Å². The number of aromatic amines is 1. The van der Waals surface area contributed by atoms with E-state index in [0.29, 0.717) is 53.6 Å². The van der Waals surface area contributed by atoms with Crippen LogP contribution in [0.25, 0.3) is 11.3 Å². The molecule has 11 heteroatoms. The molecule has 0 aliphatic carbocycles. The Morgan fingerprint density at radius 1 is 1.21 bits per heavy atom. The van der Waals surface area contributed by atoms with Gasteiger partial charge in [-0.15, -0.1) is 0 Å². The molecule has 0 radical (unpaired) electrons. The summed E-state index contributed by atoms with van der Waals surface area (Å²) in [5.74, 6) is 2.67. The second-order valence-electron chi connectivity index (χ2n) is 7.76. The summed E-state index contributed by atoms with van der Waals surface area (Å²) in [7, 11) is 1.58. The van der Waals surface area contributed by atoms with Gasteiger partial charge in [0.15, 0.2) is 11.6 Å². The van der Waals surface area contributed by atoms with E-state index in [-0.39, 0.29) is 6.10 Å². The van der Waals surface area contributed by atoms with E-state index < -0.39 is 0 Å². The van der Waals surface area contributed by atoms with Crippen LogP contribution in [0.5, 0.6) is 17.5 Å². The highest BCUT2D eigenvalue weighted by Gasteiger charge is 2.19. The molecule has 1 fully saturated rings. The average Bonchev–Trinajstić information content (AvgIpc) is 3.27. The number of aromatic nitrogens is 5. The number of hydrogen-bond acceptors (Lipinski definition) is 10. The molecule has 1 saturated heterocycles. The molecule has 4 rings (SSSR count). The van der Waals surface area contributed by atoms with Gasteiger partial charge in [-0.1, -0.05) is 0 Å². The zero-order chi connectivity index (χ0) is 23.0. The minimum Gasteiger partial charge on any atom is -0.493 e. The number of nitrogens with two attached hydrogens (primary N) is 1. The smallest absolute Gasteiger partial charge is 0.234 e. The van der Waals surface area contributed by atoms with Crippen LogP contribution in [0.1, 0.15) is 25.0 Å². The van der Waals surface area contributed by atoms with Crippen molar-refractivity contribution in [1.82, 2.24) is 30.5 Å². The normalized spacial score (nSPS) is 15.8. The predicted molar refractivity (Wildman–Crippen MR) is 124 cm³/mol. The largest absolute Gasteiger partial charge is 0.493 e. The lowest BCUT2D eigenvalue weighted by Crippen LogP contribution is -2.37. The van der Waals surface area contributed by atoms with Crippen LogP contribution in [0, 0.1) is 6.92 Å². The maximum absolute atomic E-state index is 5.96. The lowest BCUT2D eigenvalue weighted by atomic mass is 10.1. The highest BCUT2D eigenvalue weighted by Crippen LogP contribution is 2.37. The van der Waals surface area contributed by atoms with Crippen LogP contribution in [0.4, 0.5) is 11.6 Å². The number of pyridine rings is 1. The first kappa shape index (κ1) is 22.7. The molecule has 11 nitrogen and oxygen atoms in total. The van der Waals surface area contributed by atoms with Crippen molar-refractivity contribution >= 4 is 11.6 Å². The Bertz CT molecular complexity index is 1050. The molecule has 1 atom stereocenters. The van der Waals surface area contributed by atoms with Crippen molar-refractivity contribution in [1.29, 1.82) is 0 Å². The standard InChI is InChI=1S/C22H30N8O3/c1-14-9-17(32-8-4-6-23)21(22(26-14)31-2)16-10-18(30-29-16)27-19-12-25-13-20(28-19)33-15-5-3-7-24-11-15/h9-10,12-13,15,24H,3-8,11,23H2,1-2H3,(H2,27,28,29,30)/t15-/m1/s1. The third-order valence-electron chi connectivity index (χ3n) is 5.13. The van der Waals surface area contributed by atoms with E-state index in [4.69, 9.17) is 19.9 Å². The van der Waals surface area contributed by atoms with Crippen LogP contribution in [0.15, 0.2) is 24.5 Å². The first-order valence-corrected chi connectivity index (χ1v) is 11.1. The number of methoxy groups -OCH3 is 1. The van der Waals surface area contributed by atoms with Crippen molar-refractivity contribution in [2.45, 2.75) is 32.3 Å². The first-order valence-electron chi connectivity index (χ1n) is 11.1. The Balaban J connectivity index is 1.52. The van der Waals surface area contributed by atoms with Crippen molar-refractivity contribution < 1.29 is 14.2 Å². The number of aryl methyl sites for hydroxylation is 1. The molecule has 4 heterocycles. The van der Waals surface area contributed by atoms with Gasteiger partial charge in [0.05, 0.1) is 31.8 Å². The van der Waals surface area contributed by atoms with Gasteiger partial charge in [0.25, 0.3) is 0 Å². The van der Waals surface area contributed by atoms with Crippen molar-refractivity contribution in [3.05, 3.63) is 30.2 Å². The summed E-state index contributed by atoms with van der Waals surface area (Å²) < 4.78 is 17.4. The number of nitrogens with one attached hydrogen (secondary N) is 3. The van der Waals surface area contributed by atoms with Gasteiger partial charge in [-0.25, -0.2) is 4.98 Å². The van der Waals surface area contributed by atoms with Gasteiger partial charge in [-0.2, -0.15) is 10.1 Å². The molecular formula is C22H30N8O3. The molecule has 33 heavy (non-hydrogen) atoms. The van der Waals surface area contributed by atoms with Crippen LogP contribution in [-0.4, -0.2) is 64.6 Å². The van der Waals surface area contributed by atoms with Crippen LogP contribution in [0.2, 0.25) is 0 Å². The summed E-state index contributed by atoms with van der Waals surface area (Å²) in [6, 6.07) is 3.71. The van der Waals surface area contributed by atoms with Gasteiger partial charge >= 0.3 is 0 Å². The molecular weight excluding hydrogens is 424 g/mol. The summed E-state index contributed by atoms with van der Waals surface area (Å²) >= 11 is 0.